The molecule has 0 aliphatic carbocycles. The molecule has 1 aromatic rings. The van der Waals surface area contributed by atoms with Crippen LogP contribution >= 0.6 is 0 Å². The van der Waals surface area contributed by atoms with Gasteiger partial charge in [0.2, 0.25) is 6.08 Å². The molecule has 0 aromatic heterocycles. The van der Waals surface area contributed by atoms with Crippen molar-refractivity contribution in [3.05, 3.63) is 29.3 Å². The maximum absolute atomic E-state index is 10.0. The van der Waals surface area contributed by atoms with Crippen LogP contribution in [0.25, 0.3) is 0 Å². The Morgan fingerprint density at radius 3 is 2.83 bits per heavy atom. The molecule has 0 amide bonds. The SMILES string of the molecule is CCc1cccc(N=C=O)c1C. The summed E-state index contributed by atoms with van der Waals surface area (Å²) in [7, 11) is 0. The van der Waals surface area contributed by atoms with E-state index >= 15 is 0 Å². The zero-order valence-corrected chi connectivity index (χ0v) is 7.29. The van der Waals surface area contributed by atoms with E-state index in [2.05, 4.69) is 11.9 Å². The second-order valence-electron chi connectivity index (χ2n) is 2.62. The van der Waals surface area contributed by atoms with Crippen LogP contribution in [0, 0.1) is 6.92 Å². The van der Waals surface area contributed by atoms with Gasteiger partial charge in [-0.1, -0.05) is 19.1 Å². The molecule has 62 valence electrons. The van der Waals surface area contributed by atoms with Crippen LogP contribution in [0.4, 0.5) is 5.69 Å². The number of benzene rings is 1. The Kier molecular flexibility index (Phi) is 2.78. The predicted octanol–water partition coefficient (Wildman–Crippen LogP) is 2.52. The van der Waals surface area contributed by atoms with E-state index in [1.165, 1.54) is 5.56 Å². The molecular formula is C10H11NO. The summed E-state index contributed by atoms with van der Waals surface area (Å²) in [5.74, 6) is 0. The van der Waals surface area contributed by atoms with Gasteiger partial charge in [-0.2, -0.15) is 4.99 Å². The molecule has 0 N–H and O–H groups in total. The average molecular weight is 161 g/mol. The average Bonchev–Trinajstić information content (AvgIpc) is 2.09. The first kappa shape index (κ1) is 8.69. The van der Waals surface area contributed by atoms with Gasteiger partial charge in [0.25, 0.3) is 0 Å². The van der Waals surface area contributed by atoms with Crippen molar-refractivity contribution in [2.75, 3.05) is 0 Å². The topological polar surface area (TPSA) is 29.4 Å². The smallest absolute Gasteiger partial charge is 0.211 e. The molecule has 1 rings (SSSR count). The fourth-order valence-electron chi connectivity index (χ4n) is 1.22. The van der Waals surface area contributed by atoms with E-state index in [1.807, 2.05) is 25.1 Å². The van der Waals surface area contributed by atoms with Gasteiger partial charge < -0.3 is 0 Å². The third kappa shape index (κ3) is 1.60. The first-order valence-corrected chi connectivity index (χ1v) is 3.96. The molecule has 0 fully saturated rings. The summed E-state index contributed by atoms with van der Waals surface area (Å²) in [6, 6.07) is 5.76. The van der Waals surface area contributed by atoms with Crippen molar-refractivity contribution in [3.63, 3.8) is 0 Å². The molecule has 0 aliphatic heterocycles. The Balaban J connectivity index is 3.22. The van der Waals surface area contributed by atoms with Crippen molar-refractivity contribution in [2.45, 2.75) is 20.3 Å². The highest BCUT2D eigenvalue weighted by atomic mass is 16.1. The number of hydrogen-bond donors (Lipinski definition) is 0. The number of carbonyl (C=O) groups excluding carboxylic acids is 1. The van der Waals surface area contributed by atoms with Gasteiger partial charge in [0, 0.05) is 0 Å². The summed E-state index contributed by atoms with van der Waals surface area (Å²) in [6.07, 6.45) is 2.52. The summed E-state index contributed by atoms with van der Waals surface area (Å²) in [5.41, 5.74) is 3.03. The molecule has 2 nitrogen and oxygen atoms in total. The summed E-state index contributed by atoms with van der Waals surface area (Å²) < 4.78 is 0. The number of hydrogen-bond acceptors (Lipinski definition) is 2. The van der Waals surface area contributed by atoms with Crippen molar-refractivity contribution in [1.29, 1.82) is 0 Å². The van der Waals surface area contributed by atoms with Crippen LogP contribution in [0.1, 0.15) is 18.1 Å². The summed E-state index contributed by atoms with van der Waals surface area (Å²) >= 11 is 0. The van der Waals surface area contributed by atoms with E-state index in [0.29, 0.717) is 0 Å². The lowest BCUT2D eigenvalue weighted by Gasteiger charge is -2.03. The second-order valence-corrected chi connectivity index (χ2v) is 2.62. The lowest BCUT2D eigenvalue weighted by molar-refractivity contribution is 0.565. The number of isocyanates is 1. The first-order valence-electron chi connectivity index (χ1n) is 3.96. The maximum atomic E-state index is 10.0. The molecule has 0 saturated heterocycles. The number of rotatable bonds is 2. The Labute approximate surface area is 71.9 Å². The van der Waals surface area contributed by atoms with E-state index in [9.17, 15) is 4.79 Å². The molecule has 0 saturated carbocycles. The lowest BCUT2D eigenvalue weighted by atomic mass is 10.1. The number of aryl methyl sites for hydroxylation is 1. The highest BCUT2D eigenvalue weighted by Gasteiger charge is 1.99. The molecular weight excluding hydrogens is 150 g/mol. The summed E-state index contributed by atoms with van der Waals surface area (Å²) in [5, 5.41) is 0. The Morgan fingerprint density at radius 2 is 2.25 bits per heavy atom. The molecule has 0 atom stereocenters. The zero-order valence-electron chi connectivity index (χ0n) is 7.29. The Bertz CT molecular complexity index is 325. The summed E-state index contributed by atoms with van der Waals surface area (Å²) in [6.45, 7) is 4.05. The minimum Gasteiger partial charge on any atom is -0.211 e. The first-order chi connectivity index (χ1) is 5.79. The van der Waals surface area contributed by atoms with E-state index < -0.39 is 0 Å². The highest BCUT2D eigenvalue weighted by molar-refractivity contribution is 5.55. The van der Waals surface area contributed by atoms with Gasteiger partial charge in [-0.3, -0.25) is 0 Å². The molecule has 12 heavy (non-hydrogen) atoms. The predicted molar refractivity (Wildman–Crippen MR) is 48.3 cm³/mol. The molecule has 0 heterocycles. The van der Waals surface area contributed by atoms with Crippen LogP contribution in [-0.4, -0.2) is 6.08 Å². The second kappa shape index (κ2) is 3.84. The van der Waals surface area contributed by atoms with Crippen molar-refractivity contribution < 1.29 is 4.79 Å². The van der Waals surface area contributed by atoms with Crippen molar-refractivity contribution >= 4 is 11.8 Å². The highest BCUT2D eigenvalue weighted by Crippen LogP contribution is 2.21. The van der Waals surface area contributed by atoms with E-state index in [-0.39, 0.29) is 0 Å². The van der Waals surface area contributed by atoms with Gasteiger partial charge in [0.05, 0.1) is 5.69 Å². The standard InChI is InChI=1S/C10H11NO/c1-3-9-5-4-6-10(8(9)2)11-7-12/h4-6H,3H2,1-2H3. The van der Waals surface area contributed by atoms with Gasteiger partial charge in [-0.15, -0.1) is 0 Å². The van der Waals surface area contributed by atoms with Crippen LogP contribution in [-0.2, 0) is 11.2 Å². The quantitative estimate of drug-likeness (QED) is 0.484. The van der Waals surface area contributed by atoms with Crippen molar-refractivity contribution in [1.82, 2.24) is 0 Å². The molecule has 0 bridgehead atoms. The van der Waals surface area contributed by atoms with Gasteiger partial charge >= 0.3 is 0 Å². The fraction of sp³-hybridized carbons (Fsp3) is 0.300. The Morgan fingerprint density at radius 1 is 1.50 bits per heavy atom. The van der Waals surface area contributed by atoms with Crippen LogP contribution in [0.15, 0.2) is 23.2 Å². The monoisotopic (exact) mass is 161 g/mol. The molecule has 0 radical (unpaired) electrons. The normalized spacial score (nSPS) is 9.17. The molecule has 1 aromatic carbocycles. The largest absolute Gasteiger partial charge is 0.240 e. The third-order valence-electron chi connectivity index (χ3n) is 1.96. The van der Waals surface area contributed by atoms with E-state index in [4.69, 9.17) is 0 Å². The van der Waals surface area contributed by atoms with Crippen LogP contribution in [0.3, 0.4) is 0 Å². The van der Waals surface area contributed by atoms with Crippen molar-refractivity contribution in [2.24, 2.45) is 4.99 Å². The molecule has 0 aliphatic rings. The van der Waals surface area contributed by atoms with Crippen LogP contribution in [0.2, 0.25) is 0 Å². The van der Waals surface area contributed by atoms with Crippen LogP contribution in [0.5, 0.6) is 0 Å². The zero-order chi connectivity index (χ0) is 8.97. The lowest BCUT2D eigenvalue weighted by Crippen LogP contribution is -1.85. The maximum Gasteiger partial charge on any atom is 0.240 e. The minimum atomic E-state index is 0.726. The number of aliphatic imine (C=N–C) groups is 1. The number of nitrogens with zero attached hydrogens (tertiary/aromatic N) is 1. The Hall–Kier alpha value is -1.40. The van der Waals surface area contributed by atoms with Gasteiger partial charge in [0.15, 0.2) is 0 Å². The van der Waals surface area contributed by atoms with Gasteiger partial charge in [-0.05, 0) is 30.5 Å². The third-order valence-corrected chi connectivity index (χ3v) is 1.96. The molecule has 0 spiro atoms. The van der Waals surface area contributed by atoms with E-state index in [1.54, 1.807) is 6.08 Å². The van der Waals surface area contributed by atoms with Crippen LogP contribution < -0.4 is 0 Å². The van der Waals surface area contributed by atoms with E-state index in [0.717, 1.165) is 17.7 Å². The van der Waals surface area contributed by atoms with Crippen molar-refractivity contribution in [3.8, 4) is 0 Å². The minimum absolute atomic E-state index is 0.726. The molecule has 0 unspecified atom stereocenters. The van der Waals surface area contributed by atoms with Gasteiger partial charge in [0.1, 0.15) is 0 Å². The molecule has 2 heteroatoms. The van der Waals surface area contributed by atoms with Gasteiger partial charge in [-0.25, -0.2) is 4.79 Å². The summed E-state index contributed by atoms with van der Waals surface area (Å²) in [4.78, 5) is 13.6. The fourth-order valence-corrected chi connectivity index (χ4v) is 1.22.